The normalized spacial score (nSPS) is 19.4. The van der Waals surface area contributed by atoms with E-state index in [9.17, 15) is 4.79 Å². The smallest absolute Gasteiger partial charge is 0.479 e. The Balaban J connectivity index is -0.000000798. The molecule has 0 bridgehead atoms. The maximum Gasteiger partial charge on any atom is 1.00 e. The van der Waals surface area contributed by atoms with Gasteiger partial charge in [0.25, 0.3) is 0 Å². The predicted molar refractivity (Wildman–Crippen MR) is 112 cm³/mol. The molecule has 0 aromatic heterocycles. The van der Waals surface area contributed by atoms with Gasteiger partial charge in [-0.3, -0.25) is 5.70 Å². The van der Waals surface area contributed by atoms with Crippen molar-refractivity contribution in [1.29, 1.82) is 0 Å². The van der Waals surface area contributed by atoms with Gasteiger partial charge in [-0.15, -0.1) is 0 Å². The molecule has 26 heavy (non-hydrogen) atoms. The molecule has 0 saturated carbocycles. The second kappa shape index (κ2) is 12.2. The molecule has 1 rings (SSSR count). The molecular weight excluding hydrogens is 405 g/mol. The van der Waals surface area contributed by atoms with Gasteiger partial charge in [0.2, 0.25) is 0 Å². The molecule has 0 aromatic rings. The molecule has 1 amide bonds. The molecule has 152 valence electrons. The van der Waals surface area contributed by atoms with Crippen molar-refractivity contribution in [1.82, 2.24) is 4.90 Å². The molecule has 1 aliphatic heterocycles. The first-order chi connectivity index (χ1) is 10.6. The number of carbonyl (C=O) groups is 1. The Kier molecular flexibility index (Phi) is 14.6. The van der Waals surface area contributed by atoms with Gasteiger partial charge in [0.15, 0.2) is 0 Å². The van der Waals surface area contributed by atoms with Gasteiger partial charge in [0.1, 0.15) is 11.3 Å². The van der Waals surface area contributed by atoms with Crippen LogP contribution < -0.4 is 0 Å². The maximum absolute atomic E-state index is 12.4. The Morgan fingerprint density at radius 3 is 2.04 bits per heavy atom. The summed E-state index contributed by atoms with van der Waals surface area (Å²) < 4.78 is 11.2. The third-order valence-electron chi connectivity index (χ3n) is 2.79. The third kappa shape index (κ3) is 13.7. The summed E-state index contributed by atoms with van der Waals surface area (Å²) in [7, 11) is -1.23. The second-order valence-corrected chi connectivity index (χ2v) is 17.3. The van der Waals surface area contributed by atoms with Crippen molar-refractivity contribution >= 4 is 41.8 Å². The maximum atomic E-state index is 12.4. The number of hydrogen-bond donors (Lipinski definition) is 0. The zero-order chi connectivity index (χ0) is 19.3. The summed E-state index contributed by atoms with van der Waals surface area (Å²) >= 11 is 0. The van der Waals surface area contributed by atoms with Gasteiger partial charge in [-0.1, -0.05) is 45.3 Å². The van der Waals surface area contributed by atoms with Gasteiger partial charge in [-0.2, -0.15) is 0 Å². The predicted octanol–water partition coefficient (Wildman–Crippen LogP) is 4.58. The molecule has 1 atom stereocenters. The number of nitrogens with zero attached hydrogens (tertiary/aromatic N) is 1. The van der Waals surface area contributed by atoms with Gasteiger partial charge < -0.3 is 20.4 Å². The van der Waals surface area contributed by atoms with Crippen LogP contribution in [0.4, 0.5) is 4.79 Å². The van der Waals surface area contributed by atoms with Crippen molar-refractivity contribution < 1.29 is 31.3 Å². The van der Waals surface area contributed by atoms with E-state index in [1.165, 1.54) is 0 Å². The van der Waals surface area contributed by atoms with Crippen LogP contribution in [0, 0.1) is 6.08 Å². The second-order valence-electron chi connectivity index (χ2n) is 9.30. The van der Waals surface area contributed by atoms with Crippen LogP contribution in [-0.2, 0) is 26.5 Å². The van der Waals surface area contributed by atoms with Crippen LogP contribution in [0.25, 0.3) is 0 Å². The van der Waals surface area contributed by atoms with E-state index in [2.05, 4.69) is 51.1 Å². The van der Waals surface area contributed by atoms with Gasteiger partial charge in [-0.05, 0) is 34.6 Å². The summed E-state index contributed by atoms with van der Waals surface area (Å²) in [5.41, 5.74) is 0.954. The first kappa shape index (κ1) is 31.2. The van der Waals surface area contributed by atoms with Crippen molar-refractivity contribution in [2.24, 2.45) is 0 Å². The summed E-state index contributed by atoms with van der Waals surface area (Å²) in [5, 5.41) is 0. The van der Waals surface area contributed by atoms with Crippen LogP contribution in [0.2, 0.25) is 39.3 Å². The number of hydrogen-bond acceptors (Lipinski definition) is 3. The standard InChI is InChI=1S/C15H28NO3Si.C3H9Si.Cu.Li/c1-14(2,3)19-13(17)16-12(9-10-20(6,7)8)11-18-15(16,4)5;1-4(2)3;;/h10,12H,11H2,1-8H3;1-3H3;;/q-1;;+1;/t12-;;;/m1.../s1. The van der Waals surface area contributed by atoms with Gasteiger partial charge >= 0.3 is 23.2 Å². The van der Waals surface area contributed by atoms with Crippen LogP contribution in [0.5, 0.6) is 0 Å². The molecular formula is C18H37CuLiNO3Si2. The van der Waals surface area contributed by atoms with Crippen LogP contribution in [0.3, 0.4) is 0 Å². The molecule has 0 N–H and O–H groups in total. The van der Waals surface area contributed by atoms with E-state index in [-0.39, 0.29) is 56.9 Å². The average Bonchev–Trinajstić information content (AvgIpc) is 2.57. The minimum absolute atomic E-state index is 0. The zero-order valence-electron chi connectivity index (χ0n) is 18.8. The molecule has 0 unspecified atom stereocenters. The Labute approximate surface area is 187 Å². The van der Waals surface area contributed by atoms with E-state index in [0.717, 1.165) is 0 Å². The number of amides is 1. The van der Waals surface area contributed by atoms with E-state index in [0.29, 0.717) is 6.61 Å². The Morgan fingerprint density at radius 2 is 1.69 bits per heavy atom. The topological polar surface area (TPSA) is 38.8 Å². The summed E-state index contributed by atoms with van der Waals surface area (Å²) in [6, 6.07) is -0.174. The van der Waals surface area contributed by atoms with Crippen molar-refractivity contribution in [3.05, 3.63) is 11.8 Å². The number of carbonyl (C=O) groups excluding carboxylic acids is 1. The van der Waals surface area contributed by atoms with Crippen molar-refractivity contribution in [2.45, 2.75) is 91.3 Å². The van der Waals surface area contributed by atoms with Crippen LogP contribution >= 0.6 is 0 Å². The molecule has 2 radical (unpaired) electrons. The molecule has 1 aliphatic rings. The quantitative estimate of drug-likeness (QED) is 0.465. The van der Waals surface area contributed by atoms with E-state index < -0.39 is 19.4 Å². The van der Waals surface area contributed by atoms with E-state index in [1.807, 2.05) is 34.6 Å². The van der Waals surface area contributed by atoms with Crippen molar-refractivity contribution in [3.63, 3.8) is 0 Å². The van der Waals surface area contributed by atoms with Crippen LogP contribution in [0.1, 0.15) is 34.6 Å². The molecule has 0 aromatic carbocycles. The third-order valence-corrected chi connectivity index (χ3v) is 3.82. The molecule has 0 spiro atoms. The summed E-state index contributed by atoms with van der Waals surface area (Å²) in [6.45, 7) is 23.3. The number of ether oxygens (including phenoxy) is 2. The minimum atomic E-state index is -1.35. The average molecular weight is 442 g/mol. The first-order valence-electron chi connectivity index (χ1n) is 8.58. The first-order valence-corrected chi connectivity index (χ1v) is 15.2. The SMILES string of the molecule is CC(C)(C)OC(=O)N1[C@H]([C-]=C[Si](C)(C)C)COC1(C)C.C[Si](C)C.[Cu+].[Li]. The van der Waals surface area contributed by atoms with Crippen molar-refractivity contribution in [3.8, 4) is 0 Å². The van der Waals surface area contributed by atoms with Crippen LogP contribution in [0.15, 0.2) is 5.70 Å². The summed E-state index contributed by atoms with van der Waals surface area (Å²) in [4.78, 5) is 14.0. The molecule has 8 heteroatoms. The largest absolute Gasteiger partial charge is 1.00 e. The Morgan fingerprint density at radius 1 is 1.27 bits per heavy atom. The Bertz CT molecular complexity index is 444. The molecule has 1 fully saturated rings. The fourth-order valence-electron chi connectivity index (χ4n) is 1.93. The molecule has 4 nitrogen and oxygen atoms in total. The number of rotatable bonds is 2. The van der Waals surface area contributed by atoms with E-state index in [1.54, 1.807) is 4.90 Å². The molecule has 1 heterocycles. The molecule has 1 saturated heterocycles. The van der Waals surface area contributed by atoms with Gasteiger partial charge in [0, 0.05) is 42.3 Å². The zero-order valence-corrected chi connectivity index (χ0v) is 21.8. The fourth-order valence-corrected chi connectivity index (χ4v) is 2.62. The van der Waals surface area contributed by atoms with Gasteiger partial charge in [-0.25, -0.2) is 4.79 Å². The van der Waals surface area contributed by atoms with Crippen LogP contribution in [-0.4, -0.2) is 70.7 Å². The Hall–Kier alpha value is 0.521. The summed E-state index contributed by atoms with van der Waals surface area (Å²) in [5.74, 6) is 0. The van der Waals surface area contributed by atoms with E-state index >= 15 is 0 Å². The van der Waals surface area contributed by atoms with Crippen molar-refractivity contribution in [2.75, 3.05) is 6.61 Å². The van der Waals surface area contributed by atoms with E-state index in [4.69, 9.17) is 9.47 Å². The molecule has 0 aliphatic carbocycles. The van der Waals surface area contributed by atoms with Gasteiger partial charge in [0.05, 0.1) is 0 Å². The monoisotopic (exact) mass is 441 g/mol. The summed E-state index contributed by atoms with van der Waals surface area (Å²) in [6.07, 6.45) is 2.98. The minimum Gasteiger partial charge on any atom is -0.479 e. The fraction of sp³-hybridized carbons (Fsp3) is 0.833.